The summed E-state index contributed by atoms with van der Waals surface area (Å²) in [7, 11) is 1.74. The summed E-state index contributed by atoms with van der Waals surface area (Å²) in [4.78, 5) is 10.8. The number of hydrogen-bond donors (Lipinski definition) is 1. The lowest BCUT2D eigenvalue weighted by molar-refractivity contribution is -0.384. The highest BCUT2D eigenvalue weighted by atomic mass is 32.2. The van der Waals surface area contributed by atoms with Gasteiger partial charge in [-0.25, -0.2) is 4.68 Å². The highest BCUT2D eigenvalue weighted by molar-refractivity contribution is 8.00. The van der Waals surface area contributed by atoms with Crippen LogP contribution in [0.15, 0.2) is 0 Å². The maximum atomic E-state index is 11.1. The van der Waals surface area contributed by atoms with Crippen LogP contribution in [0.4, 0.5) is 11.5 Å². The van der Waals surface area contributed by atoms with Gasteiger partial charge in [0.05, 0.1) is 4.92 Å². The van der Waals surface area contributed by atoms with E-state index in [-0.39, 0.29) is 15.4 Å². The summed E-state index contributed by atoms with van der Waals surface area (Å²) >= 11 is 1.83. The Labute approximate surface area is 110 Å². The summed E-state index contributed by atoms with van der Waals surface area (Å²) in [6.45, 7) is 2.64. The normalized spacial score (nSPS) is 16.6. The highest BCUT2D eigenvalue weighted by Crippen LogP contribution is 2.47. The number of nitrogens with zero attached hydrogens (tertiary/aromatic N) is 3. The molecule has 1 saturated carbocycles. The van der Waals surface area contributed by atoms with Crippen LogP contribution in [-0.4, -0.2) is 32.3 Å². The maximum absolute atomic E-state index is 11.1. The van der Waals surface area contributed by atoms with Gasteiger partial charge in [0.2, 0.25) is 5.82 Å². The van der Waals surface area contributed by atoms with Gasteiger partial charge in [-0.1, -0.05) is 6.92 Å². The zero-order valence-corrected chi connectivity index (χ0v) is 11.7. The third-order valence-electron chi connectivity index (χ3n) is 3.43. The monoisotopic (exact) mass is 270 g/mol. The molecular weight excluding hydrogens is 252 g/mol. The van der Waals surface area contributed by atoms with Gasteiger partial charge in [-0.05, 0) is 25.5 Å². The Kier molecular flexibility index (Phi) is 3.52. The van der Waals surface area contributed by atoms with Gasteiger partial charge in [-0.15, -0.1) is 0 Å². The van der Waals surface area contributed by atoms with E-state index in [1.165, 1.54) is 12.8 Å². The molecule has 7 heteroatoms. The number of hydrogen-bond acceptors (Lipinski definition) is 5. The van der Waals surface area contributed by atoms with Crippen molar-refractivity contribution in [1.82, 2.24) is 9.78 Å². The summed E-state index contributed by atoms with van der Waals surface area (Å²) in [6, 6.07) is 0. The number of thioether (sulfide) groups is 1. The molecule has 1 aromatic rings. The van der Waals surface area contributed by atoms with Crippen molar-refractivity contribution in [3.05, 3.63) is 15.8 Å². The van der Waals surface area contributed by atoms with Gasteiger partial charge in [-0.3, -0.25) is 10.1 Å². The molecule has 0 saturated heterocycles. The molecule has 0 bridgehead atoms. The lowest BCUT2D eigenvalue weighted by Gasteiger charge is -2.13. The fourth-order valence-corrected chi connectivity index (χ4v) is 2.76. The molecule has 0 amide bonds. The van der Waals surface area contributed by atoms with Crippen molar-refractivity contribution in [3.8, 4) is 0 Å². The number of aryl methyl sites for hydroxylation is 2. The average molecular weight is 270 g/mol. The van der Waals surface area contributed by atoms with Gasteiger partial charge in [0.15, 0.2) is 0 Å². The highest BCUT2D eigenvalue weighted by Gasteiger charge is 2.42. The number of nitro groups is 1. The molecule has 1 aliphatic carbocycles. The molecule has 2 rings (SSSR count). The SMILES string of the molecule is CCc1nn(C)c(NCC2(SC)CC2)c1[N+](=O)[O-]. The van der Waals surface area contributed by atoms with Crippen LogP contribution in [0, 0.1) is 10.1 Å². The van der Waals surface area contributed by atoms with Crippen molar-refractivity contribution in [3.63, 3.8) is 0 Å². The number of nitrogens with one attached hydrogen (secondary N) is 1. The smallest absolute Gasteiger partial charge is 0.333 e. The number of rotatable bonds is 6. The molecule has 0 unspecified atom stereocenters. The fourth-order valence-electron chi connectivity index (χ4n) is 2.03. The molecule has 100 valence electrons. The molecular formula is C11H18N4O2S. The van der Waals surface area contributed by atoms with Crippen molar-refractivity contribution >= 4 is 23.3 Å². The Morgan fingerprint density at radius 2 is 2.28 bits per heavy atom. The molecule has 1 N–H and O–H groups in total. The molecule has 0 radical (unpaired) electrons. The van der Waals surface area contributed by atoms with Crippen LogP contribution >= 0.6 is 11.8 Å². The average Bonchev–Trinajstić information content (AvgIpc) is 3.05. The van der Waals surface area contributed by atoms with Crippen molar-refractivity contribution in [2.24, 2.45) is 7.05 Å². The summed E-state index contributed by atoms with van der Waals surface area (Å²) in [5, 5.41) is 18.5. The van der Waals surface area contributed by atoms with E-state index in [9.17, 15) is 10.1 Å². The zero-order chi connectivity index (χ0) is 13.3. The van der Waals surface area contributed by atoms with Crippen LogP contribution in [0.25, 0.3) is 0 Å². The zero-order valence-electron chi connectivity index (χ0n) is 10.9. The third kappa shape index (κ3) is 2.31. The molecule has 1 aromatic heterocycles. The van der Waals surface area contributed by atoms with E-state index in [1.807, 2.05) is 18.7 Å². The predicted molar refractivity (Wildman–Crippen MR) is 73.2 cm³/mol. The van der Waals surface area contributed by atoms with E-state index in [2.05, 4.69) is 16.7 Å². The minimum Gasteiger partial charge on any atom is -0.363 e. The van der Waals surface area contributed by atoms with Gasteiger partial charge < -0.3 is 5.32 Å². The second kappa shape index (κ2) is 4.79. The lowest BCUT2D eigenvalue weighted by atomic mass is 10.3. The van der Waals surface area contributed by atoms with Crippen molar-refractivity contribution in [1.29, 1.82) is 0 Å². The van der Waals surface area contributed by atoms with Crippen LogP contribution in [0.1, 0.15) is 25.5 Å². The molecule has 1 aliphatic rings. The molecule has 6 nitrogen and oxygen atoms in total. The van der Waals surface area contributed by atoms with Crippen LogP contribution in [0.5, 0.6) is 0 Å². The maximum Gasteiger partial charge on any atom is 0.333 e. The molecule has 1 fully saturated rings. The third-order valence-corrected chi connectivity index (χ3v) is 4.85. The number of aromatic nitrogens is 2. The molecule has 1 heterocycles. The van der Waals surface area contributed by atoms with Gasteiger partial charge >= 0.3 is 5.69 Å². The van der Waals surface area contributed by atoms with Crippen LogP contribution in [0.2, 0.25) is 0 Å². The molecule has 0 aromatic carbocycles. The van der Waals surface area contributed by atoms with Crippen LogP contribution < -0.4 is 5.32 Å². The van der Waals surface area contributed by atoms with E-state index in [0.29, 0.717) is 17.9 Å². The Morgan fingerprint density at radius 3 is 2.72 bits per heavy atom. The van der Waals surface area contributed by atoms with Crippen molar-refractivity contribution in [2.75, 3.05) is 18.1 Å². The Morgan fingerprint density at radius 1 is 1.61 bits per heavy atom. The second-order valence-electron chi connectivity index (χ2n) is 4.62. The quantitative estimate of drug-likeness (QED) is 0.633. The topological polar surface area (TPSA) is 73.0 Å². The first-order chi connectivity index (χ1) is 8.53. The minimum absolute atomic E-state index is 0.122. The van der Waals surface area contributed by atoms with E-state index in [1.54, 1.807) is 11.7 Å². The second-order valence-corrected chi connectivity index (χ2v) is 5.89. The summed E-state index contributed by atoms with van der Waals surface area (Å²) < 4.78 is 1.85. The first-order valence-electron chi connectivity index (χ1n) is 6.02. The molecule has 0 spiro atoms. The van der Waals surface area contributed by atoms with E-state index in [4.69, 9.17) is 0 Å². The summed E-state index contributed by atoms with van der Waals surface area (Å²) in [5.74, 6) is 0.525. The largest absolute Gasteiger partial charge is 0.363 e. The molecule has 18 heavy (non-hydrogen) atoms. The van der Waals surface area contributed by atoms with Crippen LogP contribution in [0.3, 0.4) is 0 Å². The van der Waals surface area contributed by atoms with E-state index in [0.717, 1.165) is 6.54 Å². The van der Waals surface area contributed by atoms with E-state index >= 15 is 0 Å². The lowest BCUT2D eigenvalue weighted by Crippen LogP contribution is -2.19. The van der Waals surface area contributed by atoms with Gasteiger partial charge in [0, 0.05) is 18.3 Å². The van der Waals surface area contributed by atoms with Crippen molar-refractivity contribution in [2.45, 2.75) is 30.9 Å². The Balaban J connectivity index is 2.21. The standard InChI is InChI=1S/C11H18N4O2S/c1-4-8-9(15(16)17)10(14(2)13-8)12-7-11(18-3)5-6-11/h12H,4-7H2,1-3H3. The summed E-state index contributed by atoms with van der Waals surface area (Å²) in [6.07, 6.45) is 5.00. The fraction of sp³-hybridized carbons (Fsp3) is 0.727. The van der Waals surface area contributed by atoms with Gasteiger partial charge in [0.1, 0.15) is 5.69 Å². The van der Waals surface area contributed by atoms with E-state index < -0.39 is 0 Å². The predicted octanol–water partition coefficient (Wildman–Crippen LogP) is 2.20. The Hall–Kier alpha value is -1.24. The molecule has 0 atom stereocenters. The minimum atomic E-state index is -0.340. The Bertz CT molecular complexity index is 468. The van der Waals surface area contributed by atoms with Crippen molar-refractivity contribution < 1.29 is 4.92 Å². The first kappa shape index (κ1) is 13.2. The van der Waals surface area contributed by atoms with Gasteiger partial charge in [-0.2, -0.15) is 16.9 Å². The number of anilines is 1. The summed E-state index contributed by atoms with van der Waals surface area (Å²) in [5.41, 5.74) is 0.663. The van der Waals surface area contributed by atoms with Gasteiger partial charge in [0.25, 0.3) is 0 Å². The first-order valence-corrected chi connectivity index (χ1v) is 7.25. The van der Waals surface area contributed by atoms with Crippen LogP contribution in [-0.2, 0) is 13.5 Å². The molecule has 0 aliphatic heterocycles.